The summed E-state index contributed by atoms with van der Waals surface area (Å²) in [5.41, 5.74) is 1.25. The van der Waals surface area contributed by atoms with Crippen LogP contribution in [0.2, 0.25) is 0 Å². The van der Waals surface area contributed by atoms with Crippen molar-refractivity contribution < 1.29 is 9.15 Å². The molecule has 0 spiro atoms. The van der Waals surface area contributed by atoms with E-state index in [4.69, 9.17) is 9.15 Å². The molecule has 6 nitrogen and oxygen atoms in total. The maximum Gasteiger partial charge on any atom is 0.198 e. The molecule has 0 radical (unpaired) electrons. The van der Waals surface area contributed by atoms with E-state index < -0.39 is 0 Å². The van der Waals surface area contributed by atoms with Crippen LogP contribution in [0, 0.1) is 0 Å². The summed E-state index contributed by atoms with van der Waals surface area (Å²) in [6, 6.07) is 12.4. The molecule has 4 rings (SSSR count). The van der Waals surface area contributed by atoms with Crippen molar-refractivity contribution in [1.29, 1.82) is 0 Å². The van der Waals surface area contributed by atoms with Gasteiger partial charge >= 0.3 is 0 Å². The van der Waals surface area contributed by atoms with Crippen molar-refractivity contribution in [3.05, 3.63) is 54.0 Å². The maximum absolute atomic E-state index is 5.85. The highest BCUT2D eigenvalue weighted by molar-refractivity contribution is 7.99. The summed E-state index contributed by atoms with van der Waals surface area (Å²) in [7, 11) is 1.91. The molecule has 7 heteroatoms. The van der Waals surface area contributed by atoms with E-state index in [-0.39, 0.29) is 0 Å². The standard InChI is InChI=1S/C17H18N4O2S/c1-21-11-19-20-17(21)24-16-7-6-14(23-16)9-18-13-8-12-4-2-3-5-15(12)22-10-13/h2-7,11,13,18H,8-10H2,1H3. The minimum atomic E-state index is 0.292. The van der Waals surface area contributed by atoms with Gasteiger partial charge in [0, 0.05) is 13.1 Å². The molecule has 0 fully saturated rings. The molecule has 2 aromatic heterocycles. The quantitative estimate of drug-likeness (QED) is 0.769. The topological polar surface area (TPSA) is 65.1 Å². The Morgan fingerprint density at radius 3 is 3.08 bits per heavy atom. The molecule has 0 saturated carbocycles. The molecular formula is C17H18N4O2S. The second-order valence-electron chi connectivity index (χ2n) is 5.75. The number of ether oxygens (including phenoxy) is 1. The average Bonchev–Trinajstić information content (AvgIpc) is 3.22. The molecule has 1 N–H and O–H groups in total. The van der Waals surface area contributed by atoms with Crippen molar-refractivity contribution in [2.75, 3.05) is 6.61 Å². The van der Waals surface area contributed by atoms with Gasteiger partial charge in [-0.1, -0.05) is 18.2 Å². The first kappa shape index (κ1) is 15.3. The second kappa shape index (κ2) is 6.70. The van der Waals surface area contributed by atoms with Gasteiger partial charge in [-0.2, -0.15) is 0 Å². The van der Waals surface area contributed by atoms with Crippen LogP contribution in [0.3, 0.4) is 0 Å². The van der Waals surface area contributed by atoms with E-state index in [1.807, 2.05) is 41.9 Å². The molecule has 1 atom stereocenters. The van der Waals surface area contributed by atoms with Gasteiger partial charge in [0.25, 0.3) is 0 Å². The monoisotopic (exact) mass is 342 g/mol. The third-order valence-electron chi connectivity index (χ3n) is 3.94. The highest BCUT2D eigenvalue weighted by Crippen LogP contribution is 2.27. The average molecular weight is 342 g/mol. The lowest BCUT2D eigenvalue weighted by Crippen LogP contribution is -2.38. The fourth-order valence-electron chi connectivity index (χ4n) is 2.67. The Labute approximate surface area is 144 Å². The number of aromatic nitrogens is 3. The Balaban J connectivity index is 1.33. The van der Waals surface area contributed by atoms with Crippen LogP contribution < -0.4 is 10.1 Å². The predicted octanol–water partition coefficient (Wildman–Crippen LogP) is 2.65. The van der Waals surface area contributed by atoms with Gasteiger partial charge in [-0.15, -0.1) is 10.2 Å². The number of furan rings is 1. The lowest BCUT2D eigenvalue weighted by atomic mass is 10.0. The van der Waals surface area contributed by atoms with E-state index in [9.17, 15) is 0 Å². The van der Waals surface area contributed by atoms with Crippen molar-refractivity contribution >= 4 is 11.8 Å². The molecule has 1 aliphatic rings. The summed E-state index contributed by atoms with van der Waals surface area (Å²) >= 11 is 1.46. The number of para-hydroxylation sites is 1. The second-order valence-corrected chi connectivity index (χ2v) is 6.72. The van der Waals surface area contributed by atoms with E-state index in [1.165, 1.54) is 17.3 Å². The van der Waals surface area contributed by atoms with Crippen LogP contribution >= 0.6 is 11.8 Å². The Hall–Kier alpha value is -2.25. The first-order chi connectivity index (χ1) is 11.8. The van der Waals surface area contributed by atoms with E-state index in [1.54, 1.807) is 6.33 Å². The van der Waals surface area contributed by atoms with Crippen molar-refractivity contribution in [3.63, 3.8) is 0 Å². The molecule has 1 aliphatic heterocycles. The molecule has 24 heavy (non-hydrogen) atoms. The van der Waals surface area contributed by atoms with Gasteiger partial charge in [0.05, 0.1) is 6.54 Å². The largest absolute Gasteiger partial charge is 0.492 e. The van der Waals surface area contributed by atoms with Crippen molar-refractivity contribution in [2.24, 2.45) is 7.05 Å². The summed E-state index contributed by atoms with van der Waals surface area (Å²) in [4.78, 5) is 0. The number of nitrogens with zero attached hydrogens (tertiary/aromatic N) is 3. The molecule has 0 amide bonds. The molecule has 3 aromatic rings. The summed E-state index contributed by atoms with van der Waals surface area (Å²) in [5.74, 6) is 1.90. The van der Waals surface area contributed by atoms with Crippen LogP contribution in [-0.2, 0) is 20.0 Å². The normalized spacial score (nSPS) is 16.6. The SMILES string of the molecule is Cn1cnnc1Sc1ccc(CNC2COc3ccccc3C2)o1. The molecule has 1 unspecified atom stereocenters. The first-order valence-corrected chi connectivity index (χ1v) is 8.64. The van der Waals surface area contributed by atoms with E-state index in [0.717, 1.165) is 28.2 Å². The Morgan fingerprint density at radius 2 is 2.21 bits per heavy atom. The van der Waals surface area contributed by atoms with Crippen molar-refractivity contribution in [3.8, 4) is 5.75 Å². The van der Waals surface area contributed by atoms with E-state index in [2.05, 4.69) is 21.6 Å². The zero-order valence-electron chi connectivity index (χ0n) is 13.3. The van der Waals surface area contributed by atoms with E-state index >= 15 is 0 Å². The number of hydrogen-bond donors (Lipinski definition) is 1. The van der Waals surface area contributed by atoms with Crippen molar-refractivity contribution in [1.82, 2.24) is 20.1 Å². The van der Waals surface area contributed by atoms with Crippen LogP contribution in [0.15, 0.2) is 57.4 Å². The number of rotatable bonds is 5. The van der Waals surface area contributed by atoms with Gasteiger partial charge in [0.1, 0.15) is 24.4 Å². The van der Waals surface area contributed by atoms with Gasteiger partial charge in [0.2, 0.25) is 0 Å². The van der Waals surface area contributed by atoms with Crippen LogP contribution in [0.1, 0.15) is 11.3 Å². The van der Waals surface area contributed by atoms with E-state index in [0.29, 0.717) is 19.2 Å². The number of fused-ring (bicyclic) bond motifs is 1. The van der Waals surface area contributed by atoms with Crippen LogP contribution in [-0.4, -0.2) is 27.4 Å². The number of nitrogens with one attached hydrogen (secondary N) is 1. The summed E-state index contributed by atoms with van der Waals surface area (Å²) in [6.45, 7) is 1.35. The summed E-state index contributed by atoms with van der Waals surface area (Å²) < 4.78 is 13.5. The number of benzene rings is 1. The molecule has 0 aliphatic carbocycles. The minimum Gasteiger partial charge on any atom is -0.492 e. The third kappa shape index (κ3) is 3.32. The highest BCUT2D eigenvalue weighted by Gasteiger charge is 2.19. The molecule has 0 bridgehead atoms. The lowest BCUT2D eigenvalue weighted by molar-refractivity contribution is 0.234. The minimum absolute atomic E-state index is 0.292. The van der Waals surface area contributed by atoms with Gasteiger partial charge in [-0.3, -0.25) is 0 Å². The summed E-state index contributed by atoms with van der Waals surface area (Å²) in [5, 5.41) is 13.0. The number of hydrogen-bond acceptors (Lipinski definition) is 6. The van der Waals surface area contributed by atoms with Gasteiger partial charge in [-0.05, 0) is 41.9 Å². The van der Waals surface area contributed by atoms with Gasteiger partial charge < -0.3 is 19.0 Å². The third-order valence-corrected chi connectivity index (χ3v) is 4.92. The predicted molar refractivity (Wildman–Crippen MR) is 90.1 cm³/mol. The molecule has 3 heterocycles. The number of aryl methyl sites for hydroxylation is 1. The zero-order valence-corrected chi connectivity index (χ0v) is 14.1. The molecule has 0 saturated heterocycles. The first-order valence-electron chi connectivity index (χ1n) is 7.82. The maximum atomic E-state index is 5.85. The molecule has 124 valence electrons. The zero-order chi connectivity index (χ0) is 16.4. The van der Waals surface area contributed by atoms with Gasteiger partial charge in [0.15, 0.2) is 10.2 Å². The fourth-order valence-corrected chi connectivity index (χ4v) is 3.41. The van der Waals surface area contributed by atoms with Crippen LogP contribution in [0.5, 0.6) is 5.75 Å². The summed E-state index contributed by atoms with van der Waals surface area (Å²) in [6.07, 6.45) is 2.64. The lowest BCUT2D eigenvalue weighted by Gasteiger charge is -2.25. The Kier molecular flexibility index (Phi) is 4.27. The highest BCUT2D eigenvalue weighted by atomic mass is 32.2. The van der Waals surface area contributed by atoms with Gasteiger partial charge in [-0.25, -0.2) is 0 Å². The van der Waals surface area contributed by atoms with Crippen LogP contribution in [0.25, 0.3) is 0 Å². The molecule has 1 aromatic carbocycles. The van der Waals surface area contributed by atoms with Crippen LogP contribution in [0.4, 0.5) is 0 Å². The Bertz CT molecular complexity index is 829. The van der Waals surface area contributed by atoms with Crippen molar-refractivity contribution in [2.45, 2.75) is 29.3 Å². The Morgan fingerprint density at radius 1 is 1.29 bits per heavy atom. The smallest absolute Gasteiger partial charge is 0.198 e. The fraction of sp³-hybridized carbons (Fsp3) is 0.294. The molecular weight excluding hydrogens is 324 g/mol.